The molecule has 0 aliphatic heterocycles. The third-order valence-electron chi connectivity index (χ3n) is 1.53. The van der Waals surface area contributed by atoms with E-state index in [4.69, 9.17) is 0 Å². The molecule has 0 saturated heterocycles. The van der Waals surface area contributed by atoms with Crippen molar-refractivity contribution in [3.05, 3.63) is 35.1 Å². The van der Waals surface area contributed by atoms with E-state index in [2.05, 4.69) is 0 Å². The summed E-state index contributed by atoms with van der Waals surface area (Å²) in [7, 11) is 0. The molecule has 1 aromatic carbocycles. The standard InChI is InChI=1S/C8H5F4O/c9-6-2-1-5(4-13)7(3-6)8(10,11)12/h1-3H,4H2. The minimum Gasteiger partial charge on any atom is -0.232 e. The van der Waals surface area contributed by atoms with Crippen molar-refractivity contribution in [1.29, 1.82) is 0 Å². The normalized spacial score (nSPS) is 11.8. The van der Waals surface area contributed by atoms with Crippen LogP contribution in [0.2, 0.25) is 0 Å². The number of rotatable bonds is 1. The van der Waals surface area contributed by atoms with Crippen LogP contribution in [0.25, 0.3) is 0 Å². The second-order valence-corrected chi connectivity index (χ2v) is 2.44. The second kappa shape index (κ2) is 3.33. The number of benzene rings is 1. The lowest BCUT2D eigenvalue weighted by Crippen LogP contribution is -2.09. The summed E-state index contributed by atoms with van der Waals surface area (Å²) in [5, 5.41) is 10.3. The Balaban J connectivity index is 3.24. The van der Waals surface area contributed by atoms with Crippen LogP contribution in [0.15, 0.2) is 18.2 Å². The van der Waals surface area contributed by atoms with E-state index in [1.807, 2.05) is 0 Å². The Kier molecular flexibility index (Phi) is 2.56. The topological polar surface area (TPSA) is 19.9 Å². The van der Waals surface area contributed by atoms with Gasteiger partial charge in [0, 0.05) is 0 Å². The zero-order chi connectivity index (χ0) is 10.1. The van der Waals surface area contributed by atoms with Crippen LogP contribution < -0.4 is 0 Å². The third kappa shape index (κ3) is 2.18. The molecule has 13 heavy (non-hydrogen) atoms. The fourth-order valence-electron chi connectivity index (χ4n) is 0.938. The van der Waals surface area contributed by atoms with E-state index < -0.39 is 29.7 Å². The molecular weight excluding hydrogens is 188 g/mol. The van der Waals surface area contributed by atoms with Gasteiger partial charge in [0.05, 0.1) is 5.56 Å². The minimum absolute atomic E-state index is 0.327. The van der Waals surface area contributed by atoms with Crippen LogP contribution in [0.5, 0.6) is 0 Å². The molecule has 1 nitrogen and oxygen atoms in total. The van der Waals surface area contributed by atoms with Gasteiger partial charge in [-0.15, -0.1) is 0 Å². The Morgan fingerprint density at radius 2 is 1.85 bits per heavy atom. The maximum Gasteiger partial charge on any atom is 0.416 e. The molecule has 0 spiro atoms. The molecule has 71 valence electrons. The van der Waals surface area contributed by atoms with Gasteiger partial charge in [-0.05, 0) is 17.7 Å². The maximum atomic E-state index is 12.4. The Hall–Kier alpha value is -1.10. The zero-order valence-electron chi connectivity index (χ0n) is 6.36. The van der Waals surface area contributed by atoms with Crippen LogP contribution in [0.4, 0.5) is 17.6 Å². The molecule has 0 unspecified atom stereocenters. The fraction of sp³-hybridized carbons (Fsp3) is 0.250. The molecule has 0 aliphatic rings. The fourth-order valence-corrected chi connectivity index (χ4v) is 0.938. The van der Waals surface area contributed by atoms with Crippen molar-refractivity contribution in [2.24, 2.45) is 0 Å². The van der Waals surface area contributed by atoms with Gasteiger partial charge in [-0.1, -0.05) is 6.07 Å². The highest BCUT2D eigenvalue weighted by Gasteiger charge is 2.33. The van der Waals surface area contributed by atoms with E-state index in [1.54, 1.807) is 0 Å². The Morgan fingerprint density at radius 1 is 1.23 bits per heavy atom. The first-order valence-electron chi connectivity index (χ1n) is 3.39. The quantitative estimate of drug-likeness (QED) is 0.611. The summed E-state index contributed by atoms with van der Waals surface area (Å²) < 4.78 is 48.7. The molecule has 0 fully saturated rings. The first-order chi connectivity index (χ1) is 5.95. The van der Waals surface area contributed by atoms with Gasteiger partial charge in [0.15, 0.2) is 0 Å². The largest absolute Gasteiger partial charge is 0.416 e. The van der Waals surface area contributed by atoms with Crippen LogP contribution in [0.3, 0.4) is 0 Å². The summed E-state index contributed by atoms with van der Waals surface area (Å²) in [5.74, 6) is -0.996. The smallest absolute Gasteiger partial charge is 0.232 e. The highest BCUT2D eigenvalue weighted by molar-refractivity contribution is 5.29. The van der Waals surface area contributed by atoms with Crippen molar-refractivity contribution >= 4 is 0 Å². The van der Waals surface area contributed by atoms with Gasteiger partial charge >= 0.3 is 6.18 Å². The predicted molar refractivity (Wildman–Crippen MR) is 35.8 cm³/mol. The highest BCUT2D eigenvalue weighted by atomic mass is 19.4. The van der Waals surface area contributed by atoms with Crippen molar-refractivity contribution in [3.63, 3.8) is 0 Å². The molecular formula is C8H5F4O. The SMILES string of the molecule is [O]Cc1ccc(F)cc1C(F)(F)F. The molecule has 0 aliphatic carbocycles. The van der Waals surface area contributed by atoms with Crippen molar-refractivity contribution in [2.45, 2.75) is 12.8 Å². The summed E-state index contributed by atoms with van der Waals surface area (Å²) >= 11 is 0. The van der Waals surface area contributed by atoms with Crippen molar-refractivity contribution in [1.82, 2.24) is 0 Å². The highest BCUT2D eigenvalue weighted by Crippen LogP contribution is 2.32. The molecule has 5 heteroatoms. The Labute approximate surface area is 71.6 Å². The third-order valence-corrected chi connectivity index (χ3v) is 1.53. The van der Waals surface area contributed by atoms with E-state index in [9.17, 15) is 22.7 Å². The Morgan fingerprint density at radius 3 is 2.31 bits per heavy atom. The monoisotopic (exact) mass is 193 g/mol. The molecule has 0 saturated carbocycles. The van der Waals surface area contributed by atoms with Gasteiger partial charge in [0.1, 0.15) is 12.4 Å². The zero-order valence-corrected chi connectivity index (χ0v) is 6.36. The molecule has 1 rings (SSSR count). The summed E-state index contributed by atoms with van der Waals surface area (Å²) in [4.78, 5) is 0. The van der Waals surface area contributed by atoms with E-state index in [0.29, 0.717) is 6.07 Å². The molecule has 0 bridgehead atoms. The van der Waals surface area contributed by atoms with Crippen LogP contribution in [0, 0.1) is 5.82 Å². The lowest BCUT2D eigenvalue weighted by molar-refractivity contribution is -0.139. The van der Waals surface area contributed by atoms with E-state index >= 15 is 0 Å². The molecule has 1 aromatic rings. The molecule has 0 N–H and O–H groups in total. The molecule has 1 radical (unpaired) electrons. The summed E-state index contributed by atoms with van der Waals surface area (Å²) in [5.41, 5.74) is -1.63. The minimum atomic E-state index is -4.66. The van der Waals surface area contributed by atoms with Gasteiger partial charge < -0.3 is 0 Å². The molecule has 0 atom stereocenters. The number of hydrogen-bond donors (Lipinski definition) is 0. The Bertz CT molecular complexity index is 306. The predicted octanol–water partition coefficient (Wildman–Crippen LogP) is 2.78. The molecule has 0 aromatic heterocycles. The number of halogens is 4. The van der Waals surface area contributed by atoms with Gasteiger partial charge in [-0.25, -0.2) is 9.50 Å². The van der Waals surface area contributed by atoms with Gasteiger partial charge in [-0.3, -0.25) is 0 Å². The average Bonchev–Trinajstić information content (AvgIpc) is 2.03. The number of hydrogen-bond acceptors (Lipinski definition) is 0. The van der Waals surface area contributed by atoms with E-state index in [1.165, 1.54) is 0 Å². The summed E-state index contributed by atoms with van der Waals surface area (Å²) in [6, 6.07) is 2.01. The summed E-state index contributed by atoms with van der Waals surface area (Å²) in [6.07, 6.45) is -4.66. The van der Waals surface area contributed by atoms with Crippen molar-refractivity contribution in [2.75, 3.05) is 0 Å². The van der Waals surface area contributed by atoms with E-state index in [0.717, 1.165) is 12.1 Å². The lowest BCUT2D eigenvalue weighted by Gasteiger charge is -2.10. The number of alkyl halides is 3. The van der Waals surface area contributed by atoms with E-state index in [-0.39, 0.29) is 0 Å². The second-order valence-electron chi connectivity index (χ2n) is 2.44. The van der Waals surface area contributed by atoms with Gasteiger partial charge in [0.25, 0.3) is 0 Å². The maximum absolute atomic E-state index is 12.4. The lowest BCUT2D eigenvalue weighted by atomic mass is 10.1. The van der Waals surface area contributed by atoms with Crippen LogP contribution in [-0.2, 0) is 17.9 Å². The average molecular weight is 193 g/mol. The first kappa shape index (κ1) is 9.98. The van der Waals surface area contributed by atoms with Crippen LogP contribution >= 0.6 is 0 Å². The van der Waals surface area contributed by atoms with Crippen molar-refractivity contribution in [3.8, 4) is 0 Å². The van der Waals surface area contributed by atoms with Crippen LogP contribution in [-0.4, -0.2) is 0 Å². The van der Waals surface area contributed by atoms with Crippen molar-refractivity contribution < 1.29 is 22.7 Å². The van der Waals surface area contributed by atoms with Gasteiger partial charge in [-0.2, -0.15) is 13.2 Å². The van der Waals surface area contributed by atoms with Crippen LogP contribution in [0.1, 0.15) is 11.1 Å². The first-order valence-corrected chi connectivity index (χ1v) is 3.39. The summed E-state index contributed by atoms with van der Waals surface area (Å²) in [6.45, 7) is -1.00. The van der Waals surface area contributed by atoms with Gasteiger partial charge in [0.2, 0.25) is 0 Å². The molecule has 0 heterocycles. The molecule has 0 amide bonds.